The minimum absolute atomic E-state index is 0.0489. The van der Waals surface area contributed by atoms with Crippen LogP contribution in [0.25, 0.3) is 11.3 Å². The van der Waals surface area contributed by atoms with Crippen LogP contribution in [0, 0.1) is 0 Å². The van der Waals surface area contributed by atoms with Gasteiger partial charge in [-0.2, -0.15) is 5.10 Å². The van der Waals surface area contributed by atoms with Crippen molar-refractivity contribution >= 4 is 11.6 Å². The van der Waals surface area contributed by atoms with Crippen LogP contribution < -0.4 is 9.64 Å². The number of hydrogen-bond acceptors (Lipinski definition) is 3. The standard InChI is InChI=1S/C21H21N3O2/c1-3-26-17-10-8-15(9-11-17)18-13-19(23-22-18)21(25)24-14(2)12-16-6-4-5-7-20(16)24/h4-11,13-14H,3,12H2,1-2H3,(H,22,23)/t14-/m1/s1. The molecule has 1 atom stereocenters. The number of carbonyl (C=O) groups excluding carboxylic acids is 1. The highest BCUT2D eigenvalue weighted by molar-refractivity contribution is 6.07. The molecule has 1 amide bonds. The number of amides is 1. The Kier molecular flexibility index (Phi) is 4.21. The summed E-state index contributed by atoms with van der Waals surface area (Å²) in [5.74, 6) is 0.776. The molecule has 0 unspecified atom stereocenters. The summed E-state index contributed by atoms with van der Waals surface area (Å²) in [6.45, 7) is 4.66. The van der Waals surface area contributed by atoms with Gasteiger partial charge in [0.1, 0.15) is 11.4 Å². The molecule has 0 fully saturated rings. The number of rotatable bonds is 4. The number of nitrogens with one attached hydrogen (secondary N) is 1. The Balaban J connectivity index is 1.59. The Morgan fingerprint density at radius 1 is 1.23 bits per heavy atom. The van der Waals surface area contributed by atoms with Crippen LogP contribution in [0.2, 0.25) is 0 Å². The van der Waals surface area contributed by atoms with Crippen molar-refractivity contribution in [2.24, 2.45) is 0 Å². The van der Waals surface area contributed by atoms with Crippen LogP contribution in [0.1, 0.15) is 29.9 Å². The summed E-state index contributed by atoms with van der Waals surface area (Å²) >= 11 is 0. The molecule has 26 heavy (non-hydrogen) atoms. The molecular weight excluding hydrogens is 326 g/mol. The largest absolute Gasteiger partial charge is 0.494 e. The van der Waals surface area contributed by atoms with E-state index in [-0.39, 0.29) is 11.9 Å². The maximum absolute atomic E-state index is 13.0. The van der Waals surface area contributed by atoms with Crippen molar-refractivity contribution in [3.05, 3.63) is 65.9 Å². The first-order valence-corrected chi connectivity index (χ1v) is 8.87. The molecule has 1 aliphatic heterocycles. The first kappa shape index (κ1) is 16.4. The molecule has 1 aliphatic rings. The maximum Gasteiger partial charge on any atom is 0.276 e. The molecule has 3 aromatic rings. The number of carbonyl (C=O) groups is 1. The molecule has 2 heterocycles. The molecule has 5 nitrogen and oxygen atoms in total. The topological polar surface area (TPSA) is 58.2 Å². The van der Waals surface area contributed by atoms with E-state index in [9.17, 15) is 4.79 Å². The van der Waals surface area contributed by atoms with Crippen LogP contribution in [0.15, 0.2) is 54.6 Å². The van der Waals surface area contributed by atoms with E-state index in [2.05, 4.69) is 23.2 Å². The van der Waals surface area contributed by atoms with E-state index in [4.69, 9.17) is 4.74 Å². The van der Waals surface area contributed by atoms with Crippen molar-refractivity contribution in [3.63, 3.8) is 0 Å². The van der Waals surface area contributed by atoms with Crippen molar-refractivity contribution in [3.8, 4) is 17.0 Å². The number of anilines is 1. The Labute approximate surface area is 152 Å². The highest BCUT2D eigenvalue weighted by Crippen LogP contribution is 2.33. The third kappa shape index (κ3) is 2.86. The number of hydrogen-bond donors (Lipinski definition) is 1. The van der Waals surface area contributed by atoms with Gasteiger partial charge in [-0.15, -0.1) is 0 Å². The van der Waals surface area contributed by atoms with Gasteiger partial charge in [0.2, 0.25) is 0 Å². The third-order valence-corrected chi connectivity index (χ3v) is 4.70. The molecule has 0 radical (unpaired) electrons. The summed E-state index contributed by atoms with van der Waals surface area (Å²) in [5, 5.41) is 7.22. The normalized spacial score (nSPS) is 15.8. The van der Waals surface area contributed by atoms with Gasteiger partial charge in [0.05, 0.1) is 12.3 Å². The van der Waals surface area contributed by atoms with Gasteiger partial charge in [0, 0.05) is 17.3 Å². The molecule has 0 spiro atoms. The average molecular weight is 347 g/mol. The number of aromatic amines is 1. The van der Waals surface area contributed by atoms with Gasteiger partial charge in [-0.25, -0.2) is 0 Å². The number of aromatic nitrogens is 2. The Hall–Kier alpha value is -3.08. The fourth-order valence-corrected chi connectivity index (χ4v) is 3.47. The van der Waals surface area contributed by atoms with E-state index in [0.29, 0.717) is 12.3 Å². The quantitative estimate of drug-likeness (QED) is 0.774. The molecule has 5 heteroatoms. The van der Waals surface area contributed by atoms with Crippen molar-refractivity contribution in [1.29, 1.82) is 0 Å². The van der Waals surface area contributed by atoms with Crippen molar-refractivity contribution in [2.45, 2.75) is 26.3 Å². The second-order valence-corrected chi connectivity index (χ2v) is 6.48. The summed E-state index contributed by atoms with van der Waals surface area (Å²) in [5.41, 5.74) is 4.38. The van der Waals surface area contributed by atoms with Gasteiger partial charge in [-0.3, -0.25) is 9.89 Å². The molecule has 0 bridgehead atoms. The zero-order chi connectivity index (χ0) is 18.1. The molecular formula is C21H21N3O2. The van der Waals surface area contributed by atoms with Crippen LogP contribution in [-0.4, -0.2) is 28.8 Å². The lowest BCUT2D eigenvalue weighted by Crippen LogP contribution is -2.35. The van der Waals surface area contributed by atoms with Gasteiger partial charge < -0.3 is 9.64 Å². The number of para-hydroxylation sites is 1. The van der Waals surface area contributed by atoms with E-state index < -0.39 is 0 Å². The van der Waals surface area contributed by atoms with Crippen LogP contribution >= 0.6 is 0 Å². The molecule has 0 saturated carbocycles. The van der Waals surface area contributed by atoms with Gasteiger partial charge in [0.15, 0.2) is 0 Å². The lowest BCUT2D eigenvalue weighted by atomic mass is 10.1. The fraction of sp³-hybridized carbons (Fsp3) is 0.238. The predicted octanol–water partition coefficient (Wildman–Crippen LogP) is 4.07. The van der Waals surface area contributed by atoms with Crippen LogP contribution in [-0.2, 0) is 6.42 Å². The lowest BCUT2D eigenvalue weighted by molar-refractivity contribution is 0.0976. The zero-order valence-electron chi connectivity index (χ0n) is 14.9. The maximum atomic E-state index is 13.0. The van der Waals surface area contributed by atoms with E-state index in [1.54, 1.807) is 0 Å². The Bertz CT molecular complexity index is 930. The van der Waals surface area contributed by atoms with E-state index >= 15 is 0 Å². The molecule has 132 valence electrons. The molecule has 0 aliphatic carbocycles. The number of nitrogens with zero attached hydrogens (tertiary/aromatic N) is 2. The summed E-state index contributed by atoms with van der Waals surface area (Å²) in [7, 11) is 0. The number of fused-ring (bicyclic) bond motifs is 1. The number of benzene rings is 2. The summed E-state index contributed by atoms with van der Waals surface area (Å²) in [4.78, 5) is 14.9. The number of H-pyrrole nitrogens is 1. The van der Waals surface area contributed by atoms with Crippen LogP contribution in [0.4, 0.5) is 5.69 Å². The third-order valence-electron chi connectivity index (χ3n) is 4.70. The first-order valence-electron chi connectivity index (χ1n) is 8.87. The number of ether oxygens (including phenoxy) is 1. The molecule has 2 aromatic carbocycles. The average Bonchev–Trinajstić information content (AvgIpc) is 3.26. The lowest BCUT2D eigenvalue weighted by Gasteiger charge is -2.21. The van der Waals surface area contributed by atoms with Crippen LogP contribution in [0.5, 0.6) is 5.75 Å². The molecule has 0 saturated heterocycles. The van der Waals surface area contributed by atoms with E-state index in [0.717, 1.165) is 29.1 Å². The fourth-order valence-electron chi connectivity index (χ4n) is 3.47. The van der Waals surface area contributed by atoms with Crippen LogP contribution in [0.3, 0.4) is 0 Å². The minimum Gasteiger partial charge on any atom is -0.494 e. The summed E-state index contributed by atoms with van der Waals surface area (Å²) < 4.78 is 5.46. The predicted molar refractivity (Wildman–Crippen MR) is 102 cm³/mol. The molecule has 1 aromatic heterocycles. The summed E-state index contributed by atoms with van der Waals surface area (Å²) in [6, 6.07) is 17.7. The van der Waals surface area contributed by atoms with Crippen molar-refractivity contribution < 1.29 is 9.53 Å². The second kappa shape index (κ2) is 6.67. The van der Waals surface area contributed by atoms with Crippen molar-refractivity contribution in [2.75, 3.05) is 11.5 Å². The highest BCUT2D eigenvalue weighted by atomic mass is 16.5. The Morgan fingerprint density at radius 3 is 2.77 bits per heavy atom. The smallest absolute Gasteiger partial charge is 0.276 e. The zero-order valence-corrected chi connectivity index (χ0v) is 14.9. The highest BCUT2D eigenvalue weighted by Gasteiger charge is 2.32. The van der Waals surface area contributed by atoms with Gasteiger partial charge in [-0.1, -0.05) is 18.2 Å². The van der Waals surface area contributed by atoms with Crippen molar-refractivity contribution in [1.82, 2.24) is 10.2 Å². The van der Waals surface area contributed by atoms with Gasteiger partial charge in [0.25, 0.3) is 5.91 Å². The van der Waals surface area contributed by atoms with E-state index in [1.807, 2.05) is 60.4 Å². The molecule has 1 N–H and O–H groups in total. The SMILES string of the molecule is CCOc1ccc(-c2cc(C(=O)N3c4ccccc4C[C@H]3C)[nH]n2)cc1. The molecule has 4 rings (SSSR count). The van der Waals surface area contributed by atoms with E-state index in [1.165, 1.54) is 5.56 Å². The Morgan fingerprint density at radius 2 is 2.00 bits per heavy atom. The summed E-state index contributed by atoms with van der Waals surface area (Å²) in [6.07, 6.45) is 0.877. The van der Waals surface area contributed by atoms with Gasteiger partial charge >= 0.3 is 0 Å². The second-order valence-electron chi connectivity index (χ2n) is 6.48. The monoisotopic (exact) mass is 347 g/mol. The first-order chi connectivity index (χ1) is 12.7. The minimum atomic E-state index is -0.0489. The van der Waals surface area contributed by atoms with Gasteiger partial charge in [-0.05, 0) is 62.2 Å².